The molecule has 0 bridgehead atoms. The molecule has 0 spiro atoms. The van der Waals surface area contributed by atoms with Crippen LogP contribution in [-0.2, 0) is 0 Å². The van der Waals surface area contributed by atoms with Crippen LogP contribution in [0.1, 0.15) is 6.92 Å². The Hall–Kier alpha value is -1.22. The van der Waals surface area contributed by atoms with Crippen LogP contribution in [0.2, 0.25) is 0 Å². The third kappa shape index (κ3) is 3.34. The second-order valence-corrected chi connectivity index (χ2v) is 3.93. The molecule has 0 aliphatic heterocycles. The molecule has 0 saturated carbocycles. The minimum atomic E-state index is 0.776. The number of nitrogens with two attached hydrogens (primary N) is 1. The van der Waals surface area contributed by atoms with Crippen LogP contribution < -0.4 is 5.73 Å². The standard InChI is InChI=1S/C10H12N2S/c1-8(6-7-11)13-10-4-2-9(12)3-5-10/h2-7,11H,12H2,1H3/b8-6+,11-7?. The summed E-state index contributed by atoms with van der Waals surface area (Å²) in [7, 11) is 0. The van der Waals surface area contributed by atoms with Gasteiger partial charge in [0, 0.05) is 16.8 Å². The zero-order valence-corrected chi connectivity index (χ0v) is 8.27. The molecule has 0 aromatic heterocycles. The second kappa shape index (κ2) is 4.72. The molecule has 2 nitrogen and oxygen atoms in total. The molecule has 0 amide bonds. The largest absolute Gasteiger partial charge is 0.399 e. The van der Waals surface area contributed by atoms with E-state index in [1.807, 2.05) is 31.2 Å². The number of rotatable bonds is 3. The van der Waals surface area contributed by atoms with Crippen LogP contribution in [0.25, 0.3) is 0 Å². The summed E-state index contributed by atoms with van der Waals surface area (Å²) in [5, 5.41) is 6.90. The Morgan fingerprint density at radius 3 is 2.54 bits per heavy atom. The molecule has 0 aliphatic carbocycles. The van der Waals surface area contributed by atoms with Crippen molar-refractivity contribution in [1.29, 1.82) is 5.41 Å². The lowest BCUT2D eigenvalue weighted by molar-refractivity contribution is 1.46. The Kier molecular flexibility index (Phi) is 3.58. The Labute approximate surface area is 82.3 Å². The first-order valence-electron chi connectivity index (χ1n) is 3.93. The van der Waals surface area contributed by atoms with E-state index in [1.165, 1.54) is 6.21 Å². The van der Waals surface area contributed by atoms with Gasteiger partial charge >= 0.3 is 0 Å². The second-order valence-electron chi connectivity index (χ2n) is 2.62. The van der Waals surface area contributed by atoms with Crippen molar-refractivity contribution in [1.82, 2.24) is 0 Å². The zero-order valence-electron chi connectivity index (χ0n) is 7.45. The third-order valence-electron chi connectivity index (χ3n) is 1.48. The number of allylic oxidation sites excluding steroid dienone is 2. The topological polar surface area (TPSA) is 49.9 Å². The van der Waals surface area contributed by atoms with Crippen LogP contribution in [0.5, 0.6) is 0 Å². The van der Waals surface area contributed by atoms with Gasteiger partial charge in [0.1, 0.15) is 0 Å². The lowest BCUT2D eigenvalue weighted by atomic mass is 10.3. The van der Waals surface area contributed by atoms with Crippen molar-refractivity contribution in [3.8, 4) is 0 Å². The molecule has 0 atom stereocenters. The van der Waals surface area contributed by atoms with Gasteiger partial charge < -0.3 is 11.1 Å². The maximum absolute atomic E-state index is 6.90. The predicted octanol–water partition coefficient (Wildman–Crippen LogP) is 2.91. The van der Waals surface area contributed by atoms with Crippen molar-refractivity contribution in [2.45, 2.75) is 11.8 Å². The van der Waals surface area contributed by atoms with Crippen molar-refractivity contribution in [3.05, 3.63) is 35.2 Å². The van der Waals surface area contributed by atoms with Gasteiger partial charge in [0.05, 0.1) is 0 Å². The normalized spacial score (nSPS) is 11.3. The summed E-state index contributed by atoms with van der Waals surface area (Å²) in [4.78, 5) is 2.24. The van der Waals surface area contributed by atoms with Crippen LogP contribution in [0.3, 0.4) is 0 Å². The summed E-state index contributed by atoms with van der Waals surface area (Å²) in [6.45, 7) is 1.98. The van der Waals surface area contributed by atoms with Gasteiger partial charge in [-0.2, -0.15) is 0 Å². The van der Waals surface area contributed by atoms with Crippen LogP contribution >= 0.6 is 11.8 Å². The van der Waals surface area contributed by atoms with E-state index in [1.54, 1.807) is 17.8 Å². The van der Waals surface area contributed by atoms with Gasteiger partial charge in [-0.05, 0) is 42.2 Å². The quantitative estimate of drug-likeness (QED) is 0.439. The summed E-state index contributed by atoms with van der Waals surface area (Å²) >= 11 is 1.63. The Morgan fingerprint density at radius 2 is 2.00 bits per heavy atom. The van der Waals surface area contributed by atoms with E-state index in [0.717, 1.165) is 15.5 Å². The number of benzene rings is 1. The van der Waals surface area contributed by atoms with Gasteiger partial charge in [-0.15, -0.1) is 0 Å². The van der Waals surface area contributed by atoms with Crippen LogP contribution in [0.15, 0.2) is 40.1 Å². The van der Waals surface area contributed by atoms with E-state index < -0.39 is 0 Å². The monoisotopic (exact) mass is 192 g/mol. The Balaban J connectivity index is 2.69. The fourth-order valence-electron chi connectivity index (χ4n) is 0.873. The molecule has 1 aromatic carbocycles. The molecular formula is C10H12N2S. The van der Waals surface area contributed by atoms with Crippen molar-refractivity contribution < 1.29 is 0 Å². The molecule has 13 heavy (non-hydrogen) atoms. The molecule has 1 aromatic rings. The van der Waals surface area contributed by atoms with Gasteiger partial charge in [0.25, 0.3) is 0 Å². The lowest BCUT2D eigenvalue weighted by Crippen LogP contribution is -1.82. The number of nitrogens with one attached hydrogen (secondary N) is 1. The number of hydrogen-bond donors (Lipinski definition) is 2. The number of thioether (sulfide) groups is 1. The number of nitrogen functional groups attached to an aromatic ring is 1. The molecule has 68 valence electrons. The van der Waals surface area contributed by atoms with E-state index >= 15 is 0 Å². The van der Waals surface area contributed by atoms with E-state index in [9.17, 15) is 0 Å². The smallest absolute Gasteiger partial charge is 0.0314 e. The molecule has 3 N–H and O–H groups in total. The first-order valence-corrected chi connectivity index (χ1v) is 4.75. The van der Waals surface area contributed by atoms with E-state index in [-0.39, 0.29) is 0 Å². The predicted molar refractivity (Wildman–Crippen MR) is 59.3 cm³/mol. The summed E-state index contributed by atoms with van der Waals surface area (Å²) in [5.74, 6) is 0. The average molecular weight is 192 g/mol. The van der Waals surface area contributed by atoms with E-state index in [0.29, 0.717) is 0 Å². The Morgan fingerprint density at radius 1 is 1.38 bits per heavy atom. The molecule has 0 unspecified atom stereocenters. The highest BCUT2D eigenvalue weighted by Gasteiger charge is 1.94. The van der Waals surface area contributed by atoms with Crippen LogP contribution in [0, 0.1) is 5.41 Å². The molecule has 0 heterocycles. The minimum absolute atomic E-state index is 0.776. The molecule has 0 aliphatic rings. The van der Waals surface area contributed by atoms with Crippen LogP contribution in [-0.4, -0.2) is 6.21 Å². The maximum atomic E-state index is 6.90. The fraction of sp³-hybridized carbons (Fsp3) is 0.100. The first kappa shape index (κ1) is 9.86. The third-order valence-corrected chi connectivity index (χ3v) is 2.44. The summed E-state index contributed by atoms with van der Waals surface area (Å²) < 4.78 is 0. The highest BCUT2D eigenvalue weighted by atomic mass is 32.2. The molecule has 0 radical (unpaired) electrons. The molecule has 1 rings (SSSR count). The lowest BCUT2D eigenvalue weighted by Gasteiger charge is -2.00. The number of anilines is 1. The molecule has 0 fully saturated rings. The van der Waals surface area contributed by atoms with Crippen molar-refractivity contribution in [2.24, 2.45) is 0 Å². The maximum Gasteiger partial charge on any atom is 0.0314 e. The van der Waals surface area contributed by atoms with E-state index in [4.69, 9.17) is 11.1 Å². The first-order chi connectivity index (χ1) is 6.22. The van der Waals surface area contributed by atoms with E-state index in [2.05, 4.69) is 0 Å². The molecule has 0 saturated heterocycles. The Bertz CT molecular complexity index is 314. The van der Waals surface area contributed by atoms with Gasteiger partial charge in [0.2, 0.25) is 0 Å². The van der Waals surface area contributed by atoms with Crippen LogP contribution in [0.4, 0.5) is 5.69 Å². The van der Waals surface area contributed by atoms with Crippen molar-refractivity contribution in [3.63, 3.8) is 0 Å². The average Bonchev–Trinajstić information content (AvgIpc) is 2.09. The minimum Gasteiger partial charge on any atom is -0.399 e. The highest BCUT2D eigenvalue weighted by molar-refractivity contribution is 8.03. The zero-order chi connectivity index (χ0) is 9.68. The number of hydrogen-bond acceptors (Lipinski definition) is 3. The molecular weight excluding hydrogens is 180 g/mol. The summed E-state index contributed by atoms with van der Waals surface area (Å²) in [6.07, 6.45) is 3.06. The molecule has 3 heteroatoms. The van der Waals surface area contributed by atoms with Gasteiger partial charge in [-0.3, -0.25) is 0 Å². The van der Waals surface area contributed by atoms with Gasteiger partial charge in [-0.1, -0.05) is 11.8 Å². The van der Waals surface area contributed by atoms with Gasteiger partial charge in [-0.25, -0.2) is 0 Å². The van der Waals surface area contributed by atoms with Gasteiger partial charge in [0.15, 0.2) is 0 Å². The van der Waals surface area contributed by atoms with Crippen molar-refractivity contribution in [2.75, 3.05) is 5.73 Å². The SMILES string of the molecule is C/C(=C\C=N)Sc1ccc(N)cc1. The van der Waals surface area contributed by atoms with Crippen molar-refractivity contribution >= 4 is 23.7 Å². The fourth-order valence-corrected chi connectivity index (χ4v) is 1.65. The summed E-state index contributed by atoms with van der Waals surface area (Å²) in [6, 6.07) is 7.70. The summed E-state index contributed by atoms with van der Waals surface area (Å²) in [5.41, 5.74) is 6.33. The highest BCUT2D eigenvalue weighted by Crippen LogP contribution is 2.25.